The molecule has 94 valence electrons. The molecule has 0 saturated heterocycles. The van der Waals surface area contributed by atoms with Gasteiger partial charge >= 0.3 is 6.43 Å². The summed E-state index contributed by atoms with van der Waals surface area (Å²) in [5.41, 5.74) is 0. The first-order valence-corrected chi connectivity index (χ1v) is 5.30. The highest BCUT2D eigenvalue weighted by Crippen LogP contribution is 2.22. The third kappa shape index (κ3) is 4.19. The Labute approximate surface area is 103 Å². The van der Waals surface area contributed by atoms with Gasteiger partial charge in [0.15, 0.2) is 0 Å². The number of carbonyl (C=O) groups is 1. The van der Waals surface area contributed by atoms with E-state index in [0.29, 0.717) is 10.8 Å². The maximum Gasteiger partial charge on any atom is 0.315 e. The predicted molar refractivity (Wildman–Crippen MR) is 60.6 cm³/mol. The van der Waals surface area contributed by atoms with Crippen molar-refractivity contribution in [3.63, 3.8) is 0 Å². The Morgan fingerprint density at radius 1 is 1.47 bits per heavy atom. The SMILES string of the molecule is CN(CCOc1ccccc1Cl)C(=O)C(F)F. The quantitative estimate of drug-likeness (QED) is 0.817. The molecule has 0 aliphatic carbocycles. The van der Waals surface area contributed by atoms with E-state index in [1.165, 1.54) is 7.05 Å². The monoisotopic (exact) mass is 263 g/mol. The van der Waals surface area contributed by atoms with Gasteiger partial charge in [-0.25, -0.2) is 0 Å². The van der Waals surface area contributed by atoms with E-state index in [9.17, 15) is 13.6 Å². The second kappa shape index (κ2) is 6.39. The van der Waals surface area contributed by atoms with Crippen LogP contribution in [-0.2, 0) is 4.79 Å². The van der Waals surface area contributed by atoms with Gasteiger partial charge in [-0.1, -0.05) is 23.7 Å². The third-order valence-corrected chi connectivity index (χ3v) is 2.40. The summed E-state index contributed by atoms with van der Waals surface area (Å²) >= 11 is 5.83. The number of hydrogen-bond acceptors (Lipinski definition) is 2. The summed E-state index contributed by atoms with van der Waals surface area (Å²) in [6.45, 7) is 0.188. The maximum atomic E-state index is 12.0. The third-order valence-electron chi connectivity index (χ3n) is 2.08. The molecular weight excluding hydrogens is 252 g/mol. The van der Waals surface area contributed by atoms with Gasteiger partial charge < -0.3 is 9.64 Å². The van der Waals surface area contributed by atoms with Crippen LogP contribution in [0.25, 0.3) is 0 Å². The number of carbonyl (C=O) groups excluding carboxylic acids is 1. The molecule has 1 amide bonds. The second-order valence-corrected chi connectivity index (χ2v) is 3.75. The van der Waals surface area contributed by atoms with Crippen LogP contribution in [0.1, 0.15) is 0 Å². The molecule has 0 heterocycles. The van der Waals surface area contributed by atoms with Gasteiger partial charge in [0, 0.05) is 7.05 Å². The molecule has 0 saturated carbocycles. The highest BCUT2D eigenvalue weighted by Gasteiger charge is 2.19. The zero-order valence-corrected chi connectivity index (χ0v) is 9.95. The van der Waals surface area contributed by atoms with Crippen LogP contribution in [0.15, 0.2) is 24.3 Å². The van der Waals surface area contributed by atoms with Crippen LogP contribution >= 0.6 is 11.6 Å². The first-order valence-electron chi connectivity index (χ1n) is 4.93. The molecule has 0 radical (unpaired) electrons. The first kappa shape index (κ1) is 13.7. The van der Waals surface area contributed by atoms with Crippen LogP contribution in [0.2, 0.25) is 5.02 Å². The summed E-state index contributed by atoms with van der Waals surface area (Å²) in [6.07, 6.45) is -2.99. The summed E-state index contributed by atoms with van der Waals surface area (Å²) in [4.78, 5) is 11.8. The predicted octanol–water partition coefficient (Wildman–Crippen LogP) is 2.44. The summed E-state index contributed by atoms with van der Waals surface area (Å²) in [5, 5.41) is 0.440. The lowest BCUT2D eigenvalue weighted by molar-refractivity contribution is -0.141. The minimum atomic E-state index is -2.99. The Morgan fingerprint density at radius 3 is 2.71 bits per heavy atom. The minimum absolute atomic E-state index is 0.0778. The molecule has 0 aromatic heterocycles. The topological polar surface area (TPSA) is 29.5 Å². The van der Waals surface area contributed by atoms with Crippen molar-refractivity contribution < 1.29 is 18.3 Å². The Hall–Kier alpha value is -1.36. The molecule has 1 aromatic rings. The summed E-state index contributed by atoms with van der Waals surface area (Å²) in [5.74, 6) is -0.750. The molecule has 0 aliphatic heterocycles. The summed E-state index contributed by atoms with van der Waals surface area (Å²) < 4.78 is 29.3. The van der Waals surface area contributed by atoms with Gasteiger partial charge in [-0.2, -0.15) is 8.78 Å². The molecule has 1 rings (SSSR count). The van der Waals surface area contributed by atoms with Crippen LogP contribution in [0.5, 0.6) is 5.75 Å². The van der Waals surface area contributed by atoms with Gasteiger partial charge in [-0.05, 0) is 12.1 Å². The number of alkyl halides is 2. The van der Waals surface area contributed by atoms with Crippen LogP contribution in [0, 0.1) is 0 Å². The van der Waals surface area contributed by atoms with Gasteiger partial charge in [0.05, 0.1) is 11.6 Å². The Kier molecular flexibility index (Phi) is 5.15. The van der Waals surface area contributed by atoms with E-state index < -0.39 is 12.3 Å². The van der Waals surface area contributed by atoms with Crippen LogP contribution in [0.4, 0.5) is 8.78 Å². The van der Waals surface area contributed by atoms with E-state index >= 15 is 0 Å². The van der Waals surface area contributed by atoms with E-state index in [0.717, 1.165) is 4.90 Å². The minimum Gasteiger partial charge on any atom is -0.490 e. The number of para-hydroxylation sites is 1. The second-order valence-electron chi connectivity index (χ2n) is 3.34. The Balaban J connectivity index is 2.38. The summed E-state index contributed by atoms with van der Waals surface area (Å²) in [7, 11) is 1.30. The molecule has 6 heteroatoms. The number of likely N-dealkylation sites (N-methyl/N-ethyl adjacent to an activating group) is 1. The van der Waals surface area contributed by atoms with Crippen LogP contribution in [0.3, 0.4) is 0 Å². The van der Waals surface area contributed by atoms with Crippen molar-refractivity contribution in [2.45, 2.75) is 6.43 Å². The van der Waals surface area contributed by atoms with Crippen LogP contribution < -0.4 is 4.74 Å². The molecule has 17 heavy (non-hydrogen) atoms. The number of benzene rings is 1. The van der Waals surface area contributed by atoms with Gasteiger partial charge in [-0.15, -0.1) is 0 Å². The highest BCUT2D eigenvalue weighted by molar-refractivity contribution is 6.32. The fourth-order valence-electron chi connectivity index (χ4n) is 1.13. The molecule has 0 bridgehead atoms. The molecule has 3 nitrogen and oxygen atoms in total. The molecule has 0 fully saturated rings. The number of rotatable bonds is 5. The van der Waals surface area contributed by atoms with E-state index in [1.54, 1.807) is 24.3 Å². The standard InChI is InChI=1S/C11H12ClF2NO2/c1-15(11(16)10(13)14)6-7-17-9-5-3-2-4-8(9)12/h2-5,10H,6-7H2,1H3. The van der Waals surface area contributed by atoms with E-state index in [2.05, 4.69) is 0 Å². The number of nitrogens with zero attached hydrogens (tertiary/aromatic N) is 1. The zero-order chi connectivity index (χ0) is 12.8. The van der Waals surface area contributed by atoms with Crippen molar-refractivity contribution in [3.05, 3.63) is 29.3 Å². The van der Waals surface area contributed by atoms with Crippen molar-refractivity contribution in [1.29, 1.82) is 0 Å². The van der Waals surface area contributed by atoms with Gasteiger partial charge in [-0.3, -0.25) is 4.79 Å². The van der Waals surface area contributed by atoms with Gasteiger partial charge in [0.1, 0.15) is 12.4 Å². The normalized spacial score (nSPS) is 10.4. The molecule has 0 N–H and O–H groups in total. The molecular formula is C11H12ClF2NO2. The lowest BCUT2D eigenvalue weighted by Crippen LogP contribution is -2.35. The lowest BCUT2D eigenvalue weighted by atomic mass is 10.3. The average molecular weight is 264 g/mol. The number of hydrogen-bond donors (Lipinski definition) is 0. The molecule has 0 aliphatic rings. The van der Waals surface area contributed by atoms with Gasteiger partial charge in [0.25, 0.3) is 5.91 Å². The van der Waals surface area contributed by atoms with Crippen molar-refractivity contribution in [1.82, 2.24) is 4.90 Å². The van der Waals surface area contributed by atoms with Gasteiger partial charge in [0.2, 0.25) is 0 Å². The fraction of sp³-hybridized carbons (Fsp3) is 0.364. The van der Waals surface area contributed by atoms with Crippen molar-refractivity contribution in [2.24, 2.45) is 0 Å². The summed E-state index contributed by atoms with van der Waals surface area (Å²) in [6, 6.07) is 6.82. The lowest BCUT2D eigenvalue weighted by Gasteiger charge is -2.17. The van der Waals surface area contributed by atoms with E-state index in [-0.39, 0.29) is 13.2 Å². The number of halogens is 3. The number of amides is 1. The Bertz CT molecular complexity index is 387. The van der Waals surface area contributed by atoms with E-state index in [4.69, 9.17) is 16.3 Å². The molecule has 0 unspecified atom stereocenters. The maximum absolute atomic E-state index is 12.0. The highest BCUT2D eigenvalue weighted by atomic mass is 35.5. The molecule has 0 spiro atoms. The number of ether oxygens (including phenoxy) is 1. The largest absolute Gasteiger partial charge is 0.490 e. The smallest absolute Gasteiger partial charge is 0.315 e. The molecule has 0 atom stereocenters. The molecule has 1 aromatic carbocycles. The van der Waals surface area contributed by atoms with Crippen molar-refractivity contribution in [3.8, 4) is 5.75 Å². The van der Waals surface area contributed by atoms with Crippen LogP contribution in [-0.4, -0.2) is 37.4 Å². The Morgan fingerprint density at radius 2 is 2.12 bits per heavy atom. The zero-order valence-electron chi connectivity index (χ0n) is 9.20. The van der Waals surface area contributed by atoms with Crippen molar-refractivity contribution >= 4 is 17.5 Å². The first-order chi connectivity index (χ1) is 8.02. The average Bonchev–Trinajstić information content (AvgIpc) is 2.30. The fourth-order valence-corrected chi connectivity index (χ4v) is 1.32. The van der Waals surface area contributed by atoms with E-state index in [1.807, 2.05) is 0 Å². The van der Waals surface area contributed by atoms with Crippen molar-refractivity contribution in [2.75, 3.05) is 20.2 Å².